The van der Waals surface area contributed by atoms with Gasteiger partial charge in [-0.15, -0.1) is 0 Å². The second-order valence-electron chi connectivity index (χ2n) is 2.48. The minimum Gasteiger partial charge on any atom is -0.481 e. The van der Waals surface area contributed by atoms with Gasteiger partial charge in [-0.25, -0.2) is 4.79 Å². The van der Waals surface area contributed by atoms with Crippen molar-refractivity contribution in [2.24, 2.45) is 0 Å². The van der Waals surface area contributed by atoms with Gasteiger partial charge in [-0.05, 0) is 0 Å². The van der Waals surface area contributed by atoms with Crippen molar-refractivity contribution >= 4 is 17.9 Å². The molecule has 0 fully saturated rings. The van der Waals surface area contributed by atoms with Gasteiger partial charge >= 0.3 is 17.9 Å². The summed E-state index contributed by atoms with van der Waals surface area (Å²) in [7, 11) is 0. The summed E-state index contributed by atoms with van der Waals surface area (Å²) in [6, 6.07) is 0. The van der Waals surface area contributed by atoms with Crippen LogP contribution in [0.2, 0.25) is 0 Å². The summed E-state index contributed by atoms with van der Waals surface area (Å²) in [5.74, 6) is -5.02. The molecule has 0 rings (SSSR count). The van der Waals surface area contributed by atoms with Gasteiger partial charge in [0.15, 0.2) is 5.60 Å². The molecular weight excluding hydrogens is 187 g/mol. The molecule has 0 saturated heterocycles. The standard InChI is InChI=1S/C6H8O7/c7-3(8)1-6(13,5(11)12)2-4(9)10/h13H,1-2H2,(H,7,8)(H,9,10)(H,11,12)/i1+1,3+1,6+1. The Labute approximate surface area is 72.2 Å². The van der Waals surface area contributed by atoms with Crippen LogP contribution in [0.3, 0.4) is 0 Å². The van der Waals surface area contributed by atoms with Crippen molar-refractivity contribution in [1.82, 2.24) is 0 Å². The van der Waals surface area contributed by atoms with E-state index in [-0.39, 0.29) is 0 Å². The molecule has 0 aliphatic heterocycles. The van der Waals surface area contributed by atoms with E-state index in [1.165, 1.54) is 0 Å². The normalized spacial score (nSPS) is 14.5. The molecule has 0 radical (unpaired) electrons. The van der Waals surface area contributed by atoms with Crippen LogP contribution < -0.4 is 0 Å². The van der Waals surface area contributed by atoms with Crippen LogP contribution in [0.25, 0.3) is 0 Å². The Kier molecular flexibility index (Phi) is 3.37. The quantitative estimate of drug-likeness (QED) is 0.403. The Hall–Kier alpha value is -1.63. The van der Waals surface area contributed by atoms with Crippen LogP contribution in [0.5, 0.6) is 0 Å². The van der Waals surface area contributed by atoms with Gasteiger partial charge in [0.25, 0.3) is 0 Å². The first-order valence-corrected chi connectivity index (χ1v) is 3.17. The highest BCUT2D eigenvalue weighted by atomic mass is 16.5. The fourth-order valence-electron chi connectivity index (χ4n) is 0.714. The van der Waals surface area contributed by atoms with Crippen LogP contribution >= 0.6 is 0 Å². The average molecular weight is 195 g/mol. The number of aliphatic carboxylic acids is 3. The first kappa shape index (κ1) is 11.4. The molecule has 0 amide bonds. The number of hydrogen-bond donors (Lipinski definition) is 4. The van der Waals surface area contributed by atoms with E-state index < -0.39 is 36.4 Å². The maximum Gasteiger partial charge on any atom is 0.336 e. The van der Waals surface area contributed by atoms with Crippen molar-refractivity contribution in [2.45, 2.75) is 18.4 Å². The maximum absolute atomic E-state index is 10.3. The Balaban J connectivity index is 4.62. The second-order valence-corrected chi connectivity index (χ2v) is 2.48. The number of hydrogen-bond acceptors (Lipinski definition) is 4. The molecule has 0 aromatic heterocycles. The van der Waals surface area contributed by atoms with E-state index in [1.54, 1.807) is 0 Å². The van der Waals surface area contributed by atoms with Crippen LogP contribution in [0.15, 0.2) is 0 Å². The molecule has 7 heteroatoms. The van der Waals surface area contributed by atoms with E-state index >= 15 is 0 Å². The van der Waals surface area contributed by atoms with Crippen molar-refractivity contribution in [3.05, 3.63) is 0 Å². The van der Waals surface area contributed by atoms with E-state index in [0.29, 0.717) is 0 Å². The monoisotopic (exact) mass is 195 g/mol. The first-order valence-electron chi connectivity index (χ1n) is 3.17. The van der Waals surface area contributed by atoms with Crippen molar-refractivity contribution in [3.8, 4) is 0 Å². The Morgan fingerprint density at radius 3 is 1.38 bits per heavy atom. The van der Waals surface area contributed by atoms with E-state index in [0.717, 1.165) is 0 Å². The van der Waals surface area contributed by atoms with Gasteiger partial charge in [0, 0.05) is 0 Å². The summed E-state index contributed by atoms with van der Waals surface area (Å²) in [5.41, 5.74) is -2.74. The SMILES string of the molecule is O=C(O)C[13C](O)([13CH2][13C](=O)O)C(=O)O. The number of rotatable bonds is 5. The third-order valence-electron chi connectivity index (χ3n) is 1.29. The molecule has 1 unspecified atom stereocenters. The maximum atomic E-state index is 10.3. The molecule has 7 nitrogen and oxygen atoms in total. The van der Waals surface area contributed by atoms with E-state index in [1.807, 2.05) is 0 Å². The summed E-state index contributed by atoms with van der Waals surface area (Å²) in [6.45, 7) is 0. The number of carboxylic acids is 3. The van der Waals surface area contributed by atoms with Gasteiger partial charge in [-0.3, -0.25) is 9.59 Å². The molecule has 0 aromatic carbocycles. The van der Waals surface area contributed by atoms with Gasteiger partial charge in [0.1, 0.15) is 0 Å². The predicted octanol–water partition coefficient (Wildman–Crippen LogP) is -1.25. The smallest absolute Gasteiger partial charge is 0.336 e. The third kappa shape index (κ3) is 3.52. The highest BCUT2D eigenvalue weighted by Crippen LogP contribution is 2.15. The zero-order chi connectivity index (χ0) is 10.6. The Morgan fingerprint density at radius 1 is 0.923 bits per heavy atom. The lowest BCUT2D eigenvalue weighted by Crippen LogP contribution is -2.42. The summed E-state index contributed by atoms with van der Waals surface area (Å²) in [6.07, 6.45) is -2.29. The lowest BCUT2D eigenvalue weighted by Gasteiger charge is -2.18. The topological polar surface area (TPSA) is 132 Å². The lowest BCUT2D eigenvalue weighted by atomic mass is 10.4. The van der Waals surface area contributed by atoms with Crippen molar-refractivity contribution in [3.63, 3.8) is 0 Å². The highest BCUT2D eigenvalue weighted by Gasteiger charge is 2.40. The first-order chi connectivity index (χ1) is 5.78. The molecule has 0 aliphatic carbocycles. The predicted molar refractivity (Wildman–Crippen MR) is 37.1 cm³/mol. The van der Waals surface area contributed by atoms with Gasteiger partial charge in [0.2, 0.25) is 0 Å². The second kappa shape index (κ2) is 3.85. The Bertz CT molecular complexity index is 227. The molecule has 1 atom stereocenters. The molecule has 0 heterocycles. The van der Waals surface area contributed by atoms with Crippen LogP contribution in [0, 0.1) is 0 Å². The van der Waals surface area contributed by atoms with Gasteiger partial charge < -0.3 is 20.4 Å². The van der Waals surface area contributed by atoms with Crippen LogP contribution in [-0.4, -0.2) is 43.9 Å². The lowest BCUT2D eigenvalue weighted by molar-refractivity contribution is -0.170. The average Bonchev–Trinajstić information content (AvgIpc) is 1.82. The zero-order valence-corrected chi connectivity index (χ0v) is 6.43. The van der Waals surface area contributed by atoms with E-state index in [4.69, 9.17) is 20.4 Å². The van der Waals surface area contributed by atoms with Gasteiger partial charge in [-0.2, -0.15) is 0 Å². The van der Waals surface area contributed by atoms with Gasteiger partial charge in [-0.1, -0.05) is 0 Å². The fraction of sp³-hybridized carbons (Fsp3) is 0.500. The van der Waals surface area contributed by atoms with Crippen LogP contribution in [0.1, 0.15) is 12.8 Å². The molecule has 13 heavy (non-hydrogen) atoms. The number of carbonyl (C=O) groups is 3. The summed E-state index contributed by atoms with van der Waals surface area (Å²) in [5, 5.41) is 33.8. The highest BCUT2D eigenvalue weighted by molar-refractivity contribution is 5.88. The van der Waals surface area contributed by atoms with E-state index in [9.17, 15) is 14.4 Å². The Morgan fingerprint density at radius 2 is 1.23 bits per heavy atom. The minimum absolute atomic E-state index is 1.14. The van der Waals surface area contributed by atoms with Crippen molar-refractivity contribution in [1.29, 1.82) is 0 Å². The molecular formula is C6H8O7. The van der Waals surface area contributed by atoms with Crippen LogP contribution in [0.4, 0.5) is 0 Å². The van der Waals surface area contributed by atoms with Gasteiger partial charge in [0.05, 0.1) is 12.8 Å². The molecule has 0 aliphatic rings. The summed E-state index contributed by atoms with van der Waals surface area (Å²) >= 11 is 0. The molecule has 4 N–H and O–H groups in total. The molecule has 0 bridgehead atoms. The summed E-state index contributed by atoms with van der Waals surface area (Å²) < 4.78 is 0. The molecule has 74 valence electrons. The van der Waals surface area contributed by atoms with Crippen molar-refractivity contribution in [2.75, 3.05) is 0 Å². The molecule has 0 saturated carbocycles. The largest absolute Gasteiger partial charge is 0.481 e. The van der Waals surface area contributed by atoms with E-state index in [2.05, 4.69) is 0 Å². The third-order valence-corrected chi connectivity index (χ3v) is 1.29. The summed E-state index contributed by atoms with van der Waals surface area (Å²) in [4.78, 5) is 30.5. The zero-order valence-electron chi connectivity index (χ0n) is 6.43. The van der Waals surface area contributed by atoms with Crippen molar-refractivity contribution < 1.29 is 34.8 Å². The molecule has 0 aromatic rings. The minimum atomic E-state index is -2.74. The fourth-order valence-corrected chi connectivity index (χ4v) is 0.714. The number of aliphatic hydroxyl groups is 1. The van der Waals surface area contributed by atoms with Crippen LogP contribution in [-0.2, 0) is 14.4 Å². The molecule has 0 spiro atoms. The number of carboxylic acid groups (broad SMARTS) is 3.